The molecule has 0 aliphatic heterocycles. The largest absolute Gasteiger partial charge is 0.322 e. The second-order valence-corrected chi connectivity index (χ2v) is 8.31. The van der Waals surface area contributed by atoms with Crippen LogP contribution in [0.3, 0.4) is 0 Å². The standard InChI is InChI=1S/C22H22N2O3S/c1-16-7-3-5-9-19(16)15-23-28(26,27)20-13-11-18(12-14-20)22(25)24-21-10-6-4-8-17(21)2/h3-14,23H,15H2,1-2H3,(H,24,25). The van der Waals surface area contributed by atoms with E-state index in [9.17, 15) is 13.2 Å². The van der Waals surface area contributed by atoms with Crippen LogP contribution in [-0.2, 0) is 16.6 Å². The molecule has 0 atom stereocenters. The number of hydrogen-bond acceptors (Lipinski definition) is 3. The second-order valence-electron chi connectivity index (χ2n) is 6.54. The molecule has 0 saturated carbocycles. The van der Waals surface area contributed by atoms with Gasteiger partial charge in [-0.3, -0.25) is 4.79 Å². The van der Waals surface area contributed by atoms with E-state index in [2.05, 4.69) is 10.0 Å². The first-order valence-electron chi connectivity index (χ1n) is 8.88. The van der Waals surface area contributed by atoms with Crippen molar-refractivity contribution in [3.05, 3.63) is 95.1 Å². The zero-order chi connectivity index (χ0) is 20.1. The fourth-order valence-corrected chi connectivity index (χ4v) is 3.76. The van der Waals surface area contributed by atoms with Crippen LogP contribution in [0.1, 0.15) is 27.0 Å². The smallest absolute Gasteiger partial charge is 0.255 e. The second kappa shape index (κ2) is 8.37. The van der Waals surface area contributed by atoms with Gasteiger partial charge in [-0.25, -0.2) is 13.1 Å². The molecule has 0 radical (unpaired) electrons. The third kappa shape index (κ3) is 4.65. The number of nitrogens with one attached hydrogen (secondary N) is 2. The van der Waals surface area contributed by atoms with E-state index < -0.39 is 10.0 Å². The molecular weight excluding hydrogens is 372 g/mol. The number of benzene rings is 3. The lowest BCUT2D eigenvalue weighted by atomic mass is 10.1. The summed E-state index contributed by atoms with van der Waals surface area (Å²) >= 11 is 0. The van der Waals surface area contributed by atoms with Crippen LogP contribution in [0.2, 0.25) is 0 Å². The Morgan fingerprint density at radius 3 is 2.07 bits per heavy atom. The van der Waals surface area contributed by atoms with Crippen LogP contribution in [0.4, 0.5) is 5.69 Å². The van der Waals surface area contributed by atoms with Crippen LogP contribution >= 0.6 is 0 Å². The predicted octanol–water partition coefficient (Wildman–Crippen LogP) is 4.03. The molecule has 0 aromatic heterocycles. The van der Waals surface area contributed by atoms with Gasteiger partial charge >= 0.3 is 0 Å². The number of rotatable bonds is 6. The van der Waals surface area contributed by atoms with E-state index >= 15 is 0 Å². The number of sulfonamides is 1. The Bertz CT molecular complexity index is 1090. The minimum atomic E-state index is -3.67. The fourth-order valence-electron chi connectivity index (χ4n) is 2.76. The molecule has 0 saturated heterocycles. The van der Waals surface area contributed by atoms with E-state index in [0.29, 0.717) is 5.56 Å². The van der Waals surface area contributed by atoms with Gasteiger partial charge in [0.05, 0.1) is 4.90 Å². The van der Waals surface area contributed by atoms with Crippen molar-refractivity contribution in [1.29, 1.82) is 0 Å². The van der Waals surface area contributed by atoms with Gasteiger partial charge in [0.1, 0.15) is 0 Å². The SMILES string of the molecule is Cc1ccccc1CNS(=O)(=O)c1ccc(C(=O)Nc2ccccc2C)cc1. The quantitative estimate of drug-likeness (QED) is 0.663. The molecule has 3 rings (SSSR count). The Morgan fingerprint density at radius 2 is 1.43 bits per heavy atom. The van der Waals surface area contributed by atoms with Crippen LogP contribution in [0.25, 0.3) is 0 Å². The van der Waals surface area contributed by atoms with Crippen molar-refractivity contribution in [2.45, 2.75) is 25.3 Å². The van der Waals surface area contributed by atoms with Crippen molar-refractivity contribution in [2.75, 3.05) is 5.32 Å². The Hall–Kier alpha value is -2.96. The highest BCUT2D eigenvalue weighted by atomic mass is 32.2. The van der Waals surface area contributed by atoms with Crippen LogP contribution in [0, 0.1) is 13.8 Å². The molecule has 5 nitrogen and oxygen atoms in total. The number of hydrogen-bond donors (Lipinski definition) is 2. The highest BCUT2D eigenvalue weighted by Gasteiger charge is 2.15. The van der Waals surface area contributed by atoms with Crippen LogP contribution in [0.5, 0.6) is 0 Å². The maximum atomic E-state index is 12.5. The van der Waals surface area contributed by atoms with E-state index in [1.54, 1.807) is 0 Å². The maximum absolute atomic E-state index is 12.5. The number of carbonyl (C=O) groups is 1. The normalized spacial score (nSPS) is 11.2. The molecule has 0 unspecified atom stereocenters. The Labute approximate surface area is 165 Å². The molecule has 144 valence electrons. The summed E-state index contributed by atoms with van der Waals surface area (Å²) in [5.41, 5.74) is 4.01. The number of amides is 1. The number of carbonyl (C=O) groups excluding carboxylic acids is 1. The fraction of sp³-hybridized carbons (Fsp3) is 0.136. The van der Waals surface area contributed by atoms with Gasteiger partial charge in [-0.2, -0.15) is 0 Å². The summed E-state index contributed by atoms with van der Waals surface area (Å²) in [4.78, 5) is 12.5. The zero-order valence-electron chi connectivity index (χ0n) is 15.8. The highest BCUT2D eigenvalue weighted by Crippen LogP contribution is 2.16. The van der Waals surface area contributed by atoms with Gasteiger partial charge in [0.15, 0.2) is 0 Å². The molecule has 0 heterocycles. The van der Waals surface area contributed by atoms with Crippen LogP contribution in [-0.4, -0.2) is 14.3 Å². The molecule has 1 amide bonds. The maximum Gasteiger partial charge on any atom is 0.255 e. The van der Waals surface area contributed by atoms with Crippen molar-refractivity contribution in [3.63, 3.8) is 0 Å². The Kier molecular flexibility index (Phi) is 5.92. The molecule has 0 aliphatic rings. The summed E-state index contributed by atoms with van der Waals surface area (Å²) in [6, 6.07) is 21.0. The molecular formula is C22H22N2O3S. The highest BCUT2D eigenvalue weighted by molar-refractivity contribution is 7.89. The van der Waals surface area contributed by atoms with E-state index in [4.69, 9.17) is 0 Å². The lowest BCUT2D eigenvalue weighted by molar-refractivity contribution is 0.102. The molecule has 3 aromatic carbocycles. The molecule has 3 aromatic rings. The van der Waals surface area contributed by atoms with E-state index in [0.717, 1.165) is 22.4 Å². The molecule has 0 bridgehead atoms. The molecule has 28 heavy (non-hydrogen) atoms. The van der Waals surface area contributed by atoms with E-state index in [1.165, 1.54) is 24.3 Å². The summed E-state index contributed by atoms with van der Waals surface area (Å²) < 4.78 is 27.6. The first-order valence-corrected chi connectivity index (χ1v) is 10.4. The third-order valence-corrected chi connectivity index (χ3v) is 5.95. The van der Waals surface area contributed by atoms with Gasteiger partial charge in [0.2, 0.25) is 10.0 Å². The number of anilines is 1. The molecule has 0 fully saturated rings. The minimum Gasteiger partial charge on any atom is -0.322 e. The van der Waals surface area contributed by atoms with Gasteiger partial charge in [-0.05, 0) is 60.9 Å². The van der Waals surface area contributed by atoms with Crippen molar-refractivity contribution in [1.82, 2.24) is 4.72 Å². The van der Waals surface area contributed by atoms with Gasteiger partial charge in [0.25, 0.3) is 5.91 Å². The number of para-hydroxylation sites is 1. The van der Waals surface area contributed by atoms with Crippen molar-refractivity contribution in [3.8, 4) is 0 Å². The summed E-state index contributed by atoms with van der Waals surface area (Å²) in [6.07, 6.45) is 0. The van der Waals surface area contributed by atoms with E-state index in [1.807, 2.05) is 62.4 Å². The Morgan fingerprint density at radius 1 is 0.821 bits per heavy atom. The lowest BCUT2D eigenvalue weighted by Gasteiger charge is -2.10. The van der Waals surface area contributed by atoms with Crippen LogP contribution in [0.15, 0.2) is 77.7 Å². The van der Waals surface area contributed by atoms with Gasteiger partial charge in [-0.1, -0.05) is 42.5 Å². The molecule has 0 spiro atoms. The summed E-state index contributed by atoms with van der Waals surface area (Å²) in [5.74, 6) is -0.286. The lowest BCUT2D eigenvalue weighted by Crippen LogP contribution is -2.23. The predicted molar refractivity (Wildman–Crippen MR) is 111 cm³/mol. The summed E-state index contributed by atoms with van der Waals surface area (Å²) in [6.45, 7) is 4.06. The molecule has 0 aliphatic carbocycles. The van der Waals surface area contributed by atoms with E-state index in [-0.39, 0.29) is 17.3 Å². The average molecular weight is 394 g/mol. The summed E-state index contributed by atoms with van der Waals surface area (Å²) in [7, 11) is -3.67. The topological polar surface area (TPSA) is 75.3 Å². The first-order chi connectivity index (χ1) is 13.4. The zero-order valence-corrected chi connectivity index (χ0v) is 16.6. The van der Waals surface area contributed by atoms with Crippen LogP contribution < -0.4 is 10.0 Å². The minimum absolute atomic E-state index is 0.119. The molecule has 6 heteroatoms. The van der Waals surface area contributed by atoms with Gasteiger partial charge < -0.3 is 5.32 Å². The number of aryl methyl sites for hydroxylation is 2. The Balaban J connectivity index is 1.70. The van der Waals surface area contributed by atoms with Crippen molar-refractivity contribution < 1.29 is 13.2 Å². The first kappa shape index (κ1) is 19.8. The third-order valence-electron chi connectivity index (χ3n) is 4.53. The summed E-state index contributed by atoms with van der Waals surface area (Å²) in [5, 5.41) is 2.83. The van der Waals surface area contributed by atoms with Gasteiger partial charge in [-0.15, -0.1) is 0 Å². The average Bonchev–Trinajstić information content (AvgIpc) is 2.69. The van der Waals surface area contributed by atoms with Crippen molar-refractivity contribution in [2.24, 2.45) is 0 Å². The molecule has 2 N–H and O–H groups in total. The monoisotopic (exact) mass is 394 g/mol. The van der Waals surface area contributed by atoms with Crippen molar-refractivity contribution >= 4 is 21.6 Å². The van der Waals surface area contributed by atoms with Gasteiger partial charge in [0, 0.05) is 17.8 Å².